The van der Waals surface area contributed by atoms with Crippen LogP contribution in [0.2, 0.25) is 0 Å². The first-order valence-corrected chi connectivity index (χ1v) is 5.53. The zero-order valence-corrected chi connectivity index (χ0v) is 10.4. The molecule has 88 valence electrons. The zero-order chi connectivity index (χ0) is 12.3. The van der Waals surface area contributed by atoms with Crippen molar-refractivity contribution in [2.75, 3.05) is 17.2 Å². The lowest BCUT2D eigenvalue weighted by Gasteiger charge is -2.28. The maximum absolute atomic E-state index is 12.2. The van der Waals surface area contributed by atoms with Crippen LogP contribution in [-0.4, -0.2) is 12.5 Å². The topological polar surface area (TPSA) is 46.3 Å². The van der Waals surface area contributed by atoms with Gasteiger partial charge in [0.1, 0.15) is 0 Å². The number of rotatable bonds is 2. The summed E-state index contributed by atoms with van der Waals surface area (Å²) in [6, 6.07) is 7.42. The van der Waals surface area contributed by atoms with Gasteiger partial charge in [-0.15, -0.1) is 0 Å². The van der Waals surface area contributed by atoms with Gasteiger partial charge in [0.15, 0.2) is 0 Å². The number of benzene rings is 1. The highest BCUT2D eigenvalue weighted by Crippen LogP contribution is 2.24. The summed E-state index contributed by atoms with van der Waals surface area (Å²) in [5, 5.41) is 0. The van der Waals surface area contributed by atoms with Gasteiger partial charge < -0.3 is 10.6 Å². The van der Waals surface area contributed by atoms with E-state index in [0.29, 0.717) is 12.2 Å². The number of hydrogen-bond acceptors (Lipinski definition) is 2. The van der Waals surface area contributed by atoms with E-state index in [2.05, 4.69) is 0 Å². The van der Waals surface area contributed by atoms with Crippen molar-refractivity contribution >= 4 is 17.3 Å². The first kappa shape index (κ1) is 12.6. The van der Waals surface area contributed by atoms with Crippen LogP contribution in [0.3, 0.4) is 0 Å². The fourth-order valence-electron chi connectivity index (χ4n) is 1.54. The third kappa shape index (κ3) is 2.75. The molecule has 0 aliphatic heterocycles. The van der Waals surface area contributed by atoms with Crippen LogP contribution in [0.4, 0.5) is 11.4 Å². The predicted octanol–water partition coefficient (Wildman–Crippen LogP) is 2.67. The van der Waals surface area contributed by atoms with Gasteiger partial charge in [-0.1, -0.05) is 26.8 Å². The predicted molar refractivity (Wildman–Crippen MR) is 68.3 cm³/mol. The van der Waals surface area contributed by atoms with E-state index in [1.165, 1.54) is 0 Å². The minimum atomic E-state index is -0.374. The van der Waals surface area contributed by atoms with E-state index in [9.17, 15) is 4.79 Å². The van der Waals surface area contributed by atoms with Crippen molar-refractivity contribution in [3.63, 3.8) is 0 Å². The molecule has 0 atom stereocenters. The van der Waals surface area contributed by atoms with E-state index in [0.717, 1.165) is 5.69 Å². The summed E-state index contributed by atoms with van der Waals surface area (Å²) in [5.41, 5.74) is 6.89. The molecule has 0 saturated carbocycles. The fraction of sp³-hybridized carbons (Fsp3) is 0.462. The Morgan fingerprint density at radius 3 is 2.44 bits per heavy atom. The second-order valence-corrected chi connectivity index (χ2v) is 4.89. The molecule has 3 heteroatoms. The summed E-state index contributed by atoms with van der Waals surface area (Å²) >= 11 is 0. The van der Waals surface area contributed by atoms with Crippen molar-refractivity contribution in [3.8, 4) is 0 Å². The van der Waals surface area contributed by atoms with Crippen molar-refractivity contribution in [2.24, 2.45) is 5.41 Å². The van der Waals surface area contributed by atoms with Gasteiger partial charge in [0.05, 0.1) is 0 Å². The number of carbonyl (C=O) groups excluding carboxylic acids is 1. The Morgan fingerprint density at radius 1 is 1.38 bits per heavy atom. The molecular weight excluding hydrogens is 200 g/mol. The van der Waals surface area contributed by atoms with Crippen molar-refractivity contribution in [2.45, 2.75) is 27.7 Å². The quantitative estimate of drug-likeness (QED) is 0.779. The third-order valence-electron chi connectivity index (χ3n) is 2.38. The monoisotopic (exact) mass is 220 g/mol. The van der Waals surface area contributed by atoms with Gasteiger partial charge in [0.25, 0.3) is 0 Å². The minimum absolute atomic E-state index is 0.112. The normalized spacial score (nSPS) is 11.2. The van der Waals surface area contributed by atoms with Gasteiger partial charge >= 0.3 is 0 Å². The van der Waals surface area contributed by atoms with Gasteiger partial charge in [-0.25, -0.2) is 0 Å². The lowest BCUT2D eigenvalue weighted by Crippen LogP contribution is -2.39. The SMILES string of the molecule is CCN(C(=O)C(C)(C)C)c1cccc(N)c1. The van der Waals surface area contributed by atoms with Crippen molar-refractivity contribution < 1.29 is 4.79 Å². The van der Waals surface area contributed by atoms with Crippen LogP contribution in [0, 0.1) is 5.41 Å². The summed E-state index contributed by atoms with van der Waals surface area (Å²) in [6.07, 6.45) is 0. The molecule has 0 spiro atoms. The molecule has 0 heterocycles. The molecule has 0 aromatic heterocycles. The van der Waals surface area contributed by atoms with E-state index in [-0.39, 0.29) is 11.3 Å². The maximum Gasteiger partial charge on any atom is 0.232 e. The first-order valence-electron chi connectivity index (χ1n) is 5.53. The number of amides is 1. The second kappa shape index (κ2) is 4.56. The van der Waals surface area contributed by atoms with Crippen LogP contribution in [0.5, 0.6) is 0 Å². The lowest BCUT2D eigenvalue weighted by molar-refractivity contribution is -0.125. The first-order chi connectivity index (χ1) is 7.36. The van der Waals surface area contributed by atoms with Crippen LogP contribution in [0.1, 0.15) is 27.7 Å². The van der Waals surface area contributed by atoms with Gasteiger partial charge in [-0.2, -0.15) is 0 Å². The summed E-state index contributed by atoms with van der Waals surface area (Å²) in [4.78, 5) is 14.0. The maximum atomic E-state index is 12.2. The number of hydrogen-bond donors (Lipinski definition) is 1. The average molecular weight is 220 g/mol. The van der Waals surface area contributed by atoms with E-state index >= 15 is 0 Å². The van der Waals surface area contributed by atoms with Gasteiger partial charge in [-0.05, 0) is 25.1 Å². The number of nitrogens with zero attached hydrogens (tertiary/aromatic N) is 1. The lowest BCUT2D eigenvalue weighted by atomic mass is 9.94. The molecule has 1 amide bonds. The molecule has 1 aromatic rings. The Kier molecular flexibility index (Phi) is 3.58. The molecule has 1 aromatic carbocycles. The van der Waals surface area contributed by atoms with Crippen molar-refractivity contribution in [1.29, 1.82) is 0 Å². The molecular formula is C13H20N2O. The molecule has 16 heavy (non-hydrogen) atoms. The largest absolute Gasteiger partial charge is 0.399 e. The zero-order valence-electron chi connectivity index (χ0n) is 10.4. The Labute approximate surface area is 97.2 Å². The van der Waals surface area contributed by atoms with Crippen LogP contribution in [-0.2, 0) is 4.79 Å². The summed E-state index contributed by atoms with van der Waals surface area (Å²) in [5.74, 6) is 0.112. The highest BCUT2D eigenvalue weighted by Gasteiger charge is 2.27. The number of anilines is 2. The highest BCUT2D eigenvalue weighted by atomic mass is 16.2. The second-order valence-electron chi connectivity index (χ2n) is 4.89. The molecule has 0 fully saturated rings. The van der Waals surface area contributed by atoms with Crippen LogP contribution in [0.25, 0.3) is 0 Å². The van der Waals surface area contributed by atoms with Crippen LogP contribution in [0.15, 0.2) is 24.3 Å². The molecule has 2 N–H and O–H groups in total. The fourth-order valence-corrected chi connectivity index (χ4v) is 1.54. The van der Waals surface area contributed by atoms with Crippen LogP contribution >= 0.6 is 0 Å². The van der Waals surface area contributed by atoms with E-state index < -0.39 is 0 Å². The molecule has 0 bridgehead atoms. The minimum Gasteiger partial charge on any atom is -0.399 e. The number of nitrogen functional groups attached to an aromatic ring is 1. The smallest absolute Gasteiger partial charge is 0.232 e. The molecule has 0 radical (unpaired) electrons. The highest BCUT2D eigenvalue weighted by molar-refractivity contribution is 5.97. The molecule has 0 unspecified atom stereocenters. The van der Waals surface area contributed by atoms with Crippen molar-refractivity contribution in [3.05, 3.63) is 24.3 Å². The Balaban J connectivity index is 3.04. The molecule has 0 aliphatic rings. The van der Waals surface area contributed by atoms with Gasteiger partial charge in [-0.3, -0.25) is 4.79 Å². The van der Waals surface area contributed by atoms with Crippen molar-refractivity contribution in [1.82, 2.24) is 0 Å². The third-order valence-corrected chi connectivity index (χ3v) is 2.38. The molecule has 1 rings (SSSR count). The Bertz CT molecular complexity index is 380. The van der Waals surface area contributed by atoms with E-state index in [4.69, 9.17) is 5.73 Å². The summed E-state index contributed by atoms with van der Waals surface area (Å²) in [7, 11) is 0. The van der Waals surface area contributed by atoms with Crippen LogP contribution < -0.4 is 10.6 Å². The van der Waals surface area contributed by atoms with Gasteiger partial charge in [0, 0.05) is 23.3 Å². The summed E-state index contributed by atoms with van der Waals surface area (Å²) < 4.78 is 0. The number of carbonyl (C=O) groups is 1. The van der Waals surface area contributed by atoms with E-state index in [1.807, 2.05) is 52.0 Å². The number of nitrogens with two attached hydrogens (primary N) is 1. The van der Waals surface area contributed by atoms with E-state index in [1.54, 1.807) is 4.90 Å². The average Bonchev–Trinajstić information content (AvgIpc) is 2.17. The Morgan fingerprint density at radius 2 is 2.00 bits per heavy atom. The summed E-state index contributed by atoms with van der Waals surface area (Å²) in [6.45, 7) is 8.38. The standard InChI is InChI=1S/C13H20N2O/c1-5-15(12(16)13(2,3)4)11-8-6-7-10(14)9-11/h6-9H,5,14H2,1-4H3. The molecule has 0 saturated heterocycles. The Hall–Kier alpha value is -1.51. The molecule has 0 aliphatic carbocycles. The van der Waals surface area contributed by atoms with Gasteiger partial charge in [0.2, 0.25) is 5.91 Å². The molecule has 3 nitrogen and oxygen atoms in total.